The summed E-state index contributed by atoms with van der Waals surface area (Å²) in [5.74, 6) is 0. The summed E-state index contributed by atoms with van der Waals surface area (Å²) in [6.45, 7) is 0. The molecule has 0 aliphatic rings. The van der Waals surface area contributed by atoms with Gasteiger partial charge >= 0.3 is 36.9 Å². The Balaban J connectivity index is 2.73. The van der Waals surface area contributed by atoms with E-state index in [1.807, 2.05) is 0 Å². The van der Waals surface area contributed by atoms with Gasteiger partial charge in [0.05, 0.1) is 0 Å². The Bertz CT molecular complexity index is 27.0. The second kappa shape index (κ2) is 3.74. The molecule has 4 heteroatoms. The molecule has 0 heterocycles. The molecule has 0 aromatic rings. The van der Waals surface area contributed by atoms with E-state index in [0.717, 1.165) is 0 Å². The van der Waals surface area contributed by atoms with Crippen molar-refractivity contribution in [1.82, 2.24) is 0 Å². The molecule has 0 rings (SSSR count). The number of hydrogen-bond donors (Lipinski definition) is 0. The minimum atomic E-state index is -1.75. The first-order valence-corrected chi connectivity index (χ1v) is 11.6. The molecule has 0 fully saturated rings. The molecule has 2 nitrogen and oxygen atoms in total. The molecule has 0 atom stereocenters. The SMILES string of the molecule is O=[SiH][Tl]=[O]. The zero-order chi connectivity index (χ0) is 3.41. The topological polar surface area (TPSA) is 34.1 Å². The Morgan fingerprint density at radius 1 is 1.75 bits per heavy atom. The average Bonchev–Trinajstić information content (AvgIpc) is 1.37. The van der Waals surface area contributed by atoms with Crippen LogP contribution in [0.4, 0.5) is 0 Å². The summed E-state index contributed by atoms with van der Waals surface area (Å²) >= 11 is -1.75. The second-order valence-corrected chi connectivity index (χ2v) is 7.16. The van der Waals surface area contributed by atoms with Crippen molar-refractivity contribution in [3.8, 4) is 0 Å². The third kappa shape index (κ3) is 2.74. The van der Waals surface area contributed by atoms with E-state index in [-0.39, 0.29) is 0 Å². The van der Waals surface area contributed by atoms with Gasteiger partial charge in [-0.25, -0.2) is 0 Å². The Morgan fingerprint density at radius 2 is 2.00 bits per heavy atom. The molecule has 20 valence electrons. The van der Waals surface area contributed by atoms with Gasteiger partial charge in [-0.15, -0.1) is 0 Å². The van der Waals surface area contributed by atoms with Crippen LogP contribution in [0.1, 0.15) is 0 Å². The molecule has 0 aliphatic carbocycles. The summed E-state index contributed by atoms with van der Waals surface area (Å²) < 4.78 is 18.4. The van der Waals surface area contributed by atoms with Crippen LogP contribution in [0.2, 0.25) is 0 Å². The fourth-order valence-electron chi connectivity index (χ4n) is 0. The first-order valence-electron chi connectivity index (χ1n) is 0.805. The van der Waals surface area contributed by atoms with Gasteiger partial charge in [-0.3, -0.25) is 0 Å². The molecule has 0 spiro atoms. The predicted molar refractivity (Wildman–Crippen MR) is 14.3 cm³/mol. The van der Waals surface area contributed by atoms with Gasteiger partial charge in [0.15, 0.2) is 0 Å². The summed E-state index contributed by atoms with van der Waals surface area (Å²) in [7, 11) is 0. The summed E-state index contributed by atoms with van der Waals surface area (Å²) in [6.07, 6.45) is -0.815. The first kappa shape index (κ1) is 4.74. The van der Waals surface area contributed by atoms with Crippen molar-refractivity contribution >= 4 is 29.7 Å². The average molecular weight is 265 g/mol. The maximum absolute atomic E-state index is 9.23. The van der Waals surface area contributed by atoms with E-state index in [2.05, 4.69) is 0 Å². The summed E-state index contributed by atoms with van der Waals surface area (Å²) in [5.41, 5.74) is 0. The van der Waals surface area contributed by atoms with Crippen molar-refractivity contribution in [2.45, 2.75) is 0 Å². The van der Waals surface area contributed by atoms with Gasteiger partial charge in [-0.1, -0.05) is 0 Å². The van der Waals surface area contributed by atoms with Crippen molar-refractivity contribution in [3.63, 3.8) is 0 Å². The minimum absolute atomic E-state index is 0.815. The van der Waals surface area contributed by atoms with Crippen LogP contribution < -0.4 is 0 Å². The maximum atomic E-state index is 9.23. The Kier molecular flexibility index (Phi) is 4.43. The van der Waals surface area contributed by atoms with Crippen molar-refractivity contribution < 1.29 is 7.15 Å². The van der Waals surface area contributed by atoms with Gasteiger partial charge in [-0.2, -0.15) is 0 Å². The normalized spacial score (nSPS) is 4.00. The first-order chi connectivity index (χ1) is 1.91. The molecule has 0 aromatic heterocycles. The van der Waals surface area contributed by atoms with Crippen LogP contribution in [0, 0.1) is 0 Å². The van der Waals surface area contributed by atoms with Crippen molar-refractivity contribution in [2.75, 3.05) is 0 Å². The summed E-state index contributed by atoms with van der Waals surface area (Å²) in [6, 6.07) is 0. The molecule has 0 unspecified atom stereocenters. The van der Waals surface area contributed by atoms with Gasteiger partial charge < -0.3 is 0 Å². The molecule has 0 N–H and O–H groups in total. The van der Waals surface area contributed by atoms with E-state index in [0.29, 0.717) is 0 Å². The van der Waals surface area contributed by atoms with E-state index in [1.54, 1.807) is 0 Å². The standard InChI is InChI=1S/HOSi.O.Tl/c1-2;;/h2H;;. The third-order valence-corrected chi connectivity index (χ3v) is 1.46. The van der Waals surface area contributed by atoms with Gasteiger partial charge in [0, 0.05) is 0 Å². The molecule has 0 saturated carbocycles. The molecule has 0 aliphatic heterocycles. The fraction of sp³-hybridized carbons (Fsp3) is 0. The molecule has 0 amide bonds. The van der Waals surface area contributed by atoms with Crippen LogP contribution in [0.5, 0.6) is 0 Å². The van der Waals surface area contributed by atoms with Crippen LogP contribution >= 0.6 is 0 Å². The molecular formula is HO2SiTl. The van der Waals surface area contributed by atoms with Crippen molar-refractivity contribution in [1.29, 1.82) is 0 Å². The Labute approximate surface area is 37.1 Å². The van der Waals surface area contributed by atoms with E-state index in [4.69, 9.17) is 4.46 Å². The third-order valence-electron chi connectivity index (χ3n) is 0.0556. The quantitative estimate of drug-likeness (QED) is 0.554. The molecule has 0 bridgehead atoms. The second-order valence-electron chi connectivity index (χ2n) is 0.272. The van der Waals surface area contributed by atoms with E-state index < -0.39 is 29.7 Å². The van der Waals surface area contributed by atoms with E-state index in [9.17, 15) is 2.69 Å². The monoisotopic (exact) mass is 266 g/mol. The molecule has 0 radical (unpaired) electrons. The Hall–Kier alpha value is 0.739. The molecular weight excluding hydrogens is 264 g/mol. The van der Waals surface area contributed by atoms with Gasteiger partial charge in [-0.05, 0) is 0 Å². The predicted octanol–water partition coefficient (Wildman–Crippen LogP) is -1.27. The van der Waals surface area contributed by atoms with E-state index >= 15 is 0 Å². The summed E-state index contributed by atoms with van der Waals surface area (Å²) in [5, 5.41) is 0. The van der Waals surface area contributed by atoms with Gasteiger partial charge in [0.1, 0.15) is 0 Å². The fourth-order valence-corrected chi connectivity index (χ4v) is 0. The van der Waals surface area contributed by atoms with Crippen LogP contribution in [-0.4, -0.2) is 29.7 Å². The zero-order valence-electron chi connectivity index (χ0n) is 1.97. The van der Waals surface area contributed by atoms with E-state index in [1.165, 1.54) is 0 Å². The molecule has 0 saturated heterocycles. The van der Waals surface area contributed by atoms with Gasteiger partial charge in [0.2, 0.25) is 0 Å². The number of hydrogen-bond acceptors (Lipinski definition) is 2. The van der Waals surface area contributed by atoms with Crippen molar-refractivity contribution in [3.05, 3.63) is 0 Å². The molecule has 0 aromatic carbocycles. The van der Waals surface area contributed by atoms with Crippen LogP contribution in [-0.2, 0) is 7.15 Å². The zero-order valence-corrected chi connectivity index (χ0v) is 7.61. The number of rotatable bonds is 1. The van der Waals surface area contributed by atoms with Crippen LogP contribution in [0.3, 0.4) is 0 Å². The van der Waals surface area contributed by atoms with Crippen LogP contribution in [0.25, 0.3) is 0 Å². The van der Waals surface area contributed by atoms with Crippen LogP contribution in [0.15, 0.2) is 0 Å². The Morgan fingerprint density at radius 3 is 2.00 bits per heavy atom. The van der Waals surface area contributed by atoms with Gasteiger partial charge in [0.25, 0.3) is 0 Å². The molecule has 4 heavy (non-hydrogen) atoms. The van der Waals surface area contributed by atoms with Crippen molar-refractivity contribution in [2.24, 2.45) is 0 Å². The summed E-state index contributed by atoms with van der Waals surface area (Å²) in [4.78, 5) is 0.